The molecule has 0 radical (unpaired) electrons. The van der Waals surface area contributed by atoms with Crippen LogP contribution in [0.2, 0.25) is 0 Å². The molecule has 164 valence electrons. The van der Waals surface area contributed by atoms with Gasteiger partial charge in [0.1, 0.15) is 5.75 Å². The second kappa shape index (κ2) is 9.84. The second-order valence-electron chi connectivity index (χ2n) is 6.66. The summed E-state index contributed by atoms with van der Waals surface area (Å²) in [4.78, 5) is 4.37. The lowest BCUT2D eigenvalue weighted by molar-refractivity contribution is -0.153. The molecule has 0 spiro atoms. The van der Waals surface area contributed by atoms with E-state index < -0.39 is 22.6 Å². The van der Waals surface area contributed by atoms with Gasteiger partial charge in [0.2, 0.25) is 0 Å². The molecule has 0 atom stereocenters. The van der Waals surface area contributed by atoms with Crippen molar-refractivity contribution in [1.82, 2.24) is 10.6 Å². The number of sulfone groups is 1. The number of benzene rings is 2. The molecule has 0 aromatic heterocycles. The summed E-state index contributed by atoms with van der Waals surface area (Å²) in [5, 5.41) is 6.11. The molecule has 0 fully saturated rings. The van der Waals surface area contributed by atoms with Gasteiger partial charge in [0.15, 0.2) is 22.4 Å². The third kappa shape index (κ3) is 7.25. The van der Waals surface area contributed by atoms with Crippen molar-refractivity contribution in [2.45, 2.75) is 31.1 Å². The minimum absolute atomic E-state index is 0.143. The van der Waals surface area contributed by atoms with Gasteiger partial charge in [-0.1, -0.05) is 30.3 Å². The molecule has 0 heterocycles. The standard InChI is InChI=1S/C20H24F3N3O3S/c1-14-10-15(8-9-18(14)30(3,27)28)11-25-19(24-2)26-12-16-6-4-5-7-17(16)29-13-20(21,22)23/h4-10H,11-13H2,1-3H3,(H2,24,25,26). The Balaban J connectivity index is 1.97. The van der Waals surface area contributed by atoms with Gasteiger partial charge in [0, 0.05) is 32.0 Å². The van der Waals surface area contributed by atoms with Crippen molar-refractivity contribution in [3.05, 3.63) is 59.2 Å². The van der Waals surface area contributed by atoms with Crippen LogP contribution in [0.4, 0.5) is 13.2 Å². The summed E-state index contributed by atoms with van der Waals surface area (Å²) in [7, 11) is -1.71. The van der Waals surface area contributed by atoms with Crippen molar-refractivity contribution in [1.29, 1.82) is 0 Å². The normalized spacial score (nSPS) is 12.5. The largest absolute Gasteiger partial charge is 0.484 e. The van der Waals surface area contributed by atoms with E-state index in [2.05, 4.69) is 15.6 Å². The second-order valence-corrected chi connectivity index (χ2v) is 8.65. The number of nitrogens with zero attached hydrogens (tertiary/aromatic N) is 1. The van der Waals surface area contributed by atoms with Gasteiger partial charge in [-0.2, -0.15) is 13.2 Å². The molecular weight excluding hydrogens is 419 g/mol. The molecule has 0 aliphatic rings. The van der Waals surface area contributed by atoms with Gasteiger partial charge in [-0.05, 0) is 30.2 Å². The predicted molar refractivity (Wildman–Crippen MR) is 109 cm³/mol. The summed E-state index contributed by atoms with van der Waals surface area (Å²) in [5.74, 6) is 0.579. The summed E-state index contributed by atoms with van der Waals surface area (Å²) < 4.78 is 65.5. The fourth-order valence-electron chi connectivity index (χ4n) is 2.77. The molecule has 0 aliphatic heterocycles. The predicted octanol–water partition coefficient (Wildman–Crippen LogP) is 3.20. The molecule has 10 heteroatoms. The number of halogens is 3. The Morgan fingerprint density at radius 3 is 2.37 bits per heavy atom. The van der Waals surface area contributed by atoms with Crippen LogP contribution in [0.1, 0.15) is 16.7 Å². The van der Waals surface area contributed by atoms with Gasteiger partial charge >= 0.3 is 6.18 Å². The summed E-state index contributed by atoms with van der Waals surface area (Å²) in [6.45, 7) is 0.959. The molecule has 0 amide bonds. The number of alkyl halides is 3. The van der Waals surface area contributed by atoms with Crippen LogP contribution < -0.4 is 15.4 Å². The van der Waals surface area contributed by atoms with Gasteiger partial charge in [0.05, 0.1) is 4.90 Å². The van der Waals surface area contributed by atoms with Crippen LogP contribution in [-0.4, -0.2) is 40.5 Å². The first-order valence-corrected chi connectivity index (χ1v) is 10.9. The quantitative estimate of drug-likeness (QED) is 0.508. The lowest BCUT2D eigenvalue weighted by Gasteiger charge is -2.16. The van der Waals surface area contributed by atoms with Gasteiger partial charge < -0.3 is 15.4 Å². The van der Waals surface area contributed by atoms with Gasteiger partial charge in [-0.25, -0.2) is 8.42 Å². The van der Waals surface area contributed by atoms with Crippen LogP contribution in [0, 0.1) is 6.92 Å². The number of ether oxygens (including phenoxy) is 1. The molecule has 0 bridgehead atoms. The van der Waals surface area contributed by atoms with E-state index in [-0.39, 0.29) is 17.2 Å². The number of nitrogens with one attached hydrogen (secondary N) is 2. The first-order chi connectivity index (χ1) is 14.0. The highest BCUT2D eigenvalue weighted by Crippen LogP contribution is 2.22. The Kier molecular flexibility index (Phi) is 7.71. The van der Waals surface area contributed by atoms with Crippen LogP contribution in [-0.2, 0) is 22.9 Å². The van der Waals surface area contributed by atoms with E-state index in [9.17, 15) is 21.6 Å². The third-order valence-corrected chi connectivity index (χ3v) is 5.39. The summed E-state index contributed by atoms with van der Waals surface area (Å²) in [6, 6.07) is 11.5. The maximum Gasteiger partial charge on any atom is 0.422 e. The van der Waals surface area contributed by atoms with Crippen molar-refractivity contribution in [2.75, 3.05) is 19.9 Å². The van der Waals surface area contributed by atoms with Gasteiger partial charge in [-0.15, -0.1) is 0 Å². The van der Waals surface area contributed by atoms with Crippen LogP contribution in [0.15, 0.2) is 52.4 Å². The van der Waals surface area contributed by atoms with Crippen LogP contribution in [0.5, 0.6) is 5.75 Å². The minimum atomic E-state index is -4.41. The van der Waals surface area contributed by atoms with Crippen molar-refractivity contribution < 1.29 is 26.3 Å². The van der Waals surface area contributed by atoms with E-state index in [1.54, 1.807) is 50.4 Å². The topological polar surface area (TPSA) is 79.8 Å². The number of aliphatic imine (C=N–C) groups is 1. The maximum absolute atomic E-state index is 12.4. The molecule has 0 unspecified atom stereocenters. The first kappa shape index (κ1) is 23.5. The highest BCUT2D eigenvalue weighted by molar-refractivity contribution is 7.90. The first-order valence-electron chi connectivity index (χ1n) is 9.01. The Morgan fingerprint density at radius 2 is 1.77 bits per heavy atom. The lowest BCUT2D eigenvalue weighted by Crippen LogP contribution is -2.36. The molecule has 2 aromatic carbocycles. The number of guanidine groups is 1. The van der Waals surface area contributed by atoms with E-state index >= 15 is 0 Å². The van der Waals surface area contributed by atoms with Crippen LogP contribution >= 0.6 is 0 Å². The third-order valence-electron chi connectivity index (χ3n) is 4.13. The van der Waals surface area contributed by atoms with Gasteiger partial charge in [0.25, 0.3) is 0 Å². The van der Waals surface area contributed by atoms with Crippen molar-refractivity contribution >= 4 is 15.8 Å². The summed E-state index contributed by atoms with van der Waals surface area (Å²) in [5.41, 5.74) is 2.06. The van der Waals surface area contributed by atoms with E-state index in [1.165, 1.54) is 6.07 Å². The molecule has 2 aromatic rings. The molecule has 6 nitrogen and oxygen atoms in total. The van der Waals surface area contributed by atoms with Crippen LogP contribution in [0.3, 0.4) is 0 Å². The SMILES string of the molecule is CN=C(NCc1ccc(S(C)(=O)=O)c(C)c1)NCc1ccccc1OCC(F)(F)F. The van der Waals surface area contributed by atoms with E-state index in [0.29, 0.717) is 23.6 Å². The lowest BCUT2D eigenvalue weighted by atomic mass is 10.1. The minimum Gasteiger partial charge on any atom is -0.484 e. The zero-order chi connectivity index (χ0) is 22.4. The Bertz CT molecular complexity index is 1010. The zero-order valence-electron chi connectivity index (χ0n) is 16.9. The van der Waals surface area contributed by atoms with E-state index in [1.807, 2.05) is 0 Å². The van der Waals surface area contributed by atoms with E-state index in [4.69, 9.17) is 4.74 Å². The number of hydrogen-bond acceptors (Lipinski definition) is 4. The molecule has 2 N–H and O–H groups in total. The number of rotatable bonds is 7. The Morgan fingerprint density at radius 1 is 1.10 bits per heavy atom. The molecular formula is C20H24F3N3O3S. The van der Waals surface area contributed by atoms with Crippen molar-refractivity contribution in [3.8, 4) is 5.75 Å². The molecule has 0 aliphatic carbocycles. The highest BCUT2D eigenvalue weighted by Gasteiger charge is 2.28. The molecule has 0 saturated carbocycles. The number of aryl methyl sites for hydroxylation is 1. The van der Waals surface area contributed by atoms with Gasteiger partial charge in [-0.3, -0.25) is 4.99 Å². The van der Waals surface area contributed by atoms with Crippen molar-refractivity contribution in [2.24, 2.45) is 4.99 Å². The monoisotopic (exact) mass is 443 g/mol. The van der Waals surface area contributed by atoms with Crippen LogP contribution in [0.25, 0.3) is 0 Å². The summed E-state index contributed by atoms with van der Waals surface area (Å²) >= 11 is 0. The summed E-state index contributed by atoms with van der Waals surface area (Å²) in [6.07, 6.45) is -3.25. The molecule has 2 rings (SSSR count). The Labute approximate surface area is 174 Å². The van der Waals surface area contributed by atoms with Crippen molar-refractivity contribution in [3.63, 3.8) is 0 Å². The average Bonchev–Trinajstić information content (AvgIpc) is 2.65. The molecule has 30 heavy (non-hydrogen) atoms. The average molecular weight is 443 g/mol. The number of hydrogen-bond donors (Lipinski definition) is 2. The molecule has 0 saturated heterocycles. The highest BCUT2D eigenvalue weighted by atomic mass is 32.2. The smallest absolute Gasteiger partial charge is 0.422 e. The Hall–Kier alpha value is -2.75. The zero-order valence-corrected chi connectivity index (χ0v) is 17.7. The fraction of sp³-hybridized carbons (Fsp3) is 0.350. The number of para-hydroxylation sites is 1. The fourth-order valence-corrected chi connectivity index (χ4v) is 3.73. The maximum atomic E-state index is 12.4. The van der Waals surface area contributed by atoms with E-state index in [0.717, 1.165) is 11.8 Å².